The zero-order valence-electron chi connectivity index (χ0n) is 26.2. The van der Waals surface area contributed by atoms with Gasteiger partial charge < -0.3 is 35.2 Å². The highest BCUT2D eigenvalue weighted by atomic mass is 35.5. The van der Waals surface area contributed by atoms with Crippen molar-refractivity contribution in [1.82, 2.24) is 19.9 Å². The third kappa shape index (κ3) is 7.20. The molecule has 15 heteroatoms. The van der Waals surface area contributed by atoms with Gasteiger partial charge in [-0.3, -0.25) is 9.59 Å². The first kappa shape index (κ1) is 33.1. The monoisotopic (exact) mass is 692 g/mol. The van der Waals surface area contributed by atoms with Crippen molar-refractivity contribution < 1.29 is 23.8 Å². The van der Waals surface area contributed by atoms with Crippen LogP contribution in [0.25, 0.3) is 11.3 Å². The van der Waals surface area contributed by atoms with Crippen LogP contribution in [-0.2, 0) is 4.79 Å². The van der Waals surface area contributed by atoms with E-state index in [1.807, 2.05) is 12.1 Å². The van der Waals surface area contributed by atoms with Gasteiger partial charge in [0, 0.05) is 50.5 Å². The van der Waals surface area contributed by atoms with E-state index < -0.39 is 11.7 Å². The second-order valence-electron chi connectivity index (χ2n) is 11.2. The Kier molecular flexibility index (Phi) is 10.0. The number of pyridine rings is 2. The van der Waals surface area contributed by atoms with Crippen molar-refractivity contribution in [3.63, 3.8) is 0 Å². The molecule has 4 heterocycles. The van der Waals surface area contributed by atoms with E-state index in [9.17, 15) is 19.1 Å². The number of nitrogens with one attached hydrogen (secondary N) is 2. The molecule has 1 aliphatic carbocycles. The molecule has 0 atom stereocenters. The van der Waals surface area contributed by atoms with Gasteiger partial charge >= 0.3 is 0 Å². The van der Waals surface area contributed by atoms with E-state index in [1.165, 1.54) is 37.6 Å². The van der Waals surface area contributed by atoms with Crippen molar-refractivity contribution in [2.75, 3.05) is 66.9 Å². The number of para-hydroxylation sites is 1. The summed E-state index contributed by atoms with van der Waals surface area (Å²) in [5, 5.41) is 16.0. The summed E-state index contributed by atoms with van der Waals surface area (Å²) >= 11 is 7.12. The fourth-order valence-corrected chi connectivity index (χ4v) is 6.42. The Balaban J connectivity index is 1.26. The largest absolute Gasteiger partial charge is 0.493 e. The summed E-state index contributed by atoms with van der Waals surface area (Å²) < 4.78 is 19.8. The lowest BCUT2D eigenvalue weighted by Gasteiger charge is -2.37. The van der Waals surface area contributed by atoms with Gasteiger partial charge in [0.05, 0.1) is 42.0 Å². The maximum Gasteiger partial charge on any atom is 0.267 e. The van der Waals surface area contributed by atoms with Gasteiger partial charge in [-0.15, -0.1) is 0 Å². The lowest BCUT2D eigenvalue weighted by Crippen LogP contribution is -2.49. The van der Waals surface area contributed by atoms with E-state index in [1.54, 1.807) is 17.2 Å². The molecular weight excluding hydrogens is 659 g/mol. The molecule has 250 valence electrons. The molecule has 48 heavy (non-hydrogen) atoms. The lowest BCUT2D eigenvalue weighted by molar-refractivity contribution is -0.126. The number of anilines is 5. The number of hydrogen-bond donors (Lipinski definition) is 3. The fraction of sp³-hybridized carbons (Fsp3) is 0.303. The van der Waals surface area contributed by atoms with Gasteiger partial charge in [-0.25, -0.2) is 19.3 Å². The molecule has 0 unspecified atom stereocenters. The summed E-state index contributed by atoms with van der Waals surface area (Å²) in [6.07, 6.45) is 6.54. The van der Waals surface area contributed by atoms with Crippen molar-refractivity contribution in [2.24, 2.45) is 0 Å². The van der Waals surface area contributed by atoms with Crippen LogP contribution in [0.4, 0.5) is 32.5 Å². The summed E-state index contributed by atoms with van der Waals surface area (Å²) in [6.45, 7) is 6.42. The van der Waals surface area contributed by atoms with E-state index in [4.69, 9.17) is 26.3 Å². The zero-order chi connectivity index (χ0) is 33.8. The predicted molar refractivity (Wildman–Crippen MR) is 185 cm³/mol. The predicted octanol–water partition coefficient (Wildman–Crippen LogP) is 5.19. The van der Waals surface area contributed by atoms with E-state index in [0.29, 0.717) is 61.2 Å². The Morgan fingerprint density at radius 3 is 2.67 bits per heavy atom. The van der Waals surface area contributed by atoms with Crippen LogP contribution in [0.3, 0.4) is 0 Å². The van der Waals surface area contributed by atoms with Gasteiger partial charge in [0.1, 0.15) is 10.7 Å². The summed E-state index contributed by atoms with van der Waals surface area (Å²) in [6, 6.07) is 10.1. The fourth-order valence-electron chi connectivity index (χ4n) is 5.49. The standard InChI is InChI=1S/C33H34ClFN8O4S/c1-3-28(45)41-11-13-42(14-12-41)31-25(43(15-16-44)21-7-8-21)17-20(18-36-31)24-9-10-26(47-2)30(38-24)40-33-37-19-27(48-33)32(46)39-29-22(34)5-4-6-23(29)35/h3-6,9-10,17-19,21,44H,1,7-8,11-16H2,2H3,(H,39,46)(H,37,38,40). The minimum atomic E-state index is -0.644. The summed E-state index contributed by atoms with van der Waals surface area (Å²) in [5.74, 6) is 0.331. The molecule has 2 amide bonds. The molecule has 1 saturated heterocycles. The van der Waals surface area contributed by atoms with Crippen LogP contribution in [0, 0.1) is 5.82 Å². The highest BCUT2D eigenvalue weighted by Crippen LogP contribution is 2.39. The molecule has 4 aromatic rings. The number of hydrogen-bond acceptors (Lipinski definition) is 11. The third-order valence-electron chi connectivity index (χ3n) is 8.08. The van der Waals surface area contributed by atoms with Crippen LogP contribution in [0.1, 0.15) is 22.5 Å². The minimum absolute atomic E-state index is 0.00219. The van der Waals surface area contributed by atoms with Crippen molar-refractivity contribution in [2.45, 2.75) is 18.9 Å². The summed E-state index contributed by atoms with van der Waals surface area (Å²) in [5.41, 5.74) is 2.16. The second kappa shape index (κ2) is 14.5. The van der Waals surface area contributed by atoms with E-state index in [2.05, 4.69) is 32.0 Å². The van der Waals surface area contributed by atoms with E-state index in [0.717, 1.165) is 41.2 Å². The van der Waals surface area contributed by atoms with Crippen molar-refractivity contribution >= 4 is 62.9 Å². The van der Waals surface area contributed by atoms with Crippen LogP contribution >= 0.6 is 22.9 Å². The van der Waals surface area contributed by atoms with Crippen LogP contribution in [0.15, 0.2) is 61.4 Å². The quantitative estimate of drug-likeness (QED) is 0.170. The van der Waals surface area contributed by atoms with Gasteiger partial charge in [0.25, 0.3) is 5.91 Å². The molecule has 1 aliphatic heterocycles. The molecular formula is C33H34ClFN8O4S. The number of rotatable bonds is 12. The molecule has 0 bridgehead atoms. The smallest absolute Gasteiger partial charge is 0.267 e. The van der Waals surface area contributed by atoms with Gasteiger partial charge in [0.15, 0.2) is 22.5 Å². The number of aliphatic hydroxyl groups excluding tert-OH is 1. The molecule has 0 spiro atoms. The number of nitrogens with zero attached hydrogens (tertiary/aromatic N) is 6. The molecule has 1 saturated carbocycles. The second-order valence-corrected chi connectivity index (χ2v) is 12.6. The number of aromatic nitrogens is 3. The number of piperazine rings is 1. The maximum atomic E-state index is 14.2. The van der Waals surface area contributed by atoms with E-state index in [-0.39, 0.29) is 28.1 Å². The number of aliphatic hydroxyl groups is 1. The number of benzene rings is 1. The van der Waals surface area contributed by atoms with Crippen LogP contribution in [0.5, 0.6) is 5.75 Å². The number of amides is 2. The highest BCUT2D eigenvalue weighted by molar-refractivity contribution is 7.17. The third-order valence-corrected chi connectivity index (χ3v) is 9.31. The molecule has 0 radical (unpaired) electrons. The molecule has 1 aromatic carbocycles. The molecule has 2 aliphatic rings. The molecule has 12 nitrogen and oxygen atoms in total. The Morgan fingerprint density at radius 1 is 1.19 bits per heavy atom. The Morgan fingerprint density at radius 2 is 1.98 bits per heavy atom. The van der Waals surface area contributed by atoms with Crippen molar-refractivity contribution in [3.8, 4) is 17.0 Å². The lowest BCUT2D eigenvalue weighted by atomic mass is 10.1. The van der Waals surface area contributed by atoms with Crippen molar-refractivity contribution in [3.05, 3.63) is 77.2 Å². The number of ether oxygens (including phenoxy) is 1. The first-order chi connectivity index (χ1) is 23.3. The van der Waals surface area contributed by atoms with Gasteiger partial charge in [-0.2, -0.15) is 0 Å². The first-order valence-electron chi connectivity index (χ1n) is 15.4. The van der Waals surface area contributed by atoms with E-state index >= 15 is 0 Å². The average molecular weight is 693 g/mol. The number of thiazole rings is 1. The first-order valence-corrected chi connectivity index (χ1v) is 16.6. The highest BCUT2D eigenvalue weighted by Gasteiger charge is 2.33. The van der Waals surface area contributed by atoms with Crippen LogP contribution < -0.4 is 25.2 Å². The molecule has 3 N–H and O–H groups in total. The number of halogens is 2. The molecule has 3 aromatic heterocycles. The maximum absolute atomic E-state index is 14.2. The molecule has 6 rings (SSSR count). The van der Waals surface area contributed by atoms with Crippen LogP contribution in [-0.4, -0.2) is 89.3 Å². The minimum Gasteiger partial charge on any atom is -0.493 e. The van der Waals surface area contributed by atoms with Gasteiger partial charge in [0.2, 0.25) is 5.91 Å². The topological polar surface area (TPSA) is 136 Å². The van der Waals surface area contributed by atoms with Crippen molar-refractivity contribution in [1.29, 1.82) is 0 Å². The van der Waals surface area contributed by atoms with Gasteiger partial charge in [-0.1, -0.05) is 35.6 Å². The van der Waals surface area contributed by atoms with Crippen LogP contribution in [0.2, 0.25) is 5.02 Å². The normalized spacial score (nSPS) is 14.4. The zero-order valence-corrected chi connectivity index (χ0v) is 27.7. The average Bonchev–Trinajstić information content (AvgIpc) is 3.85. The number of carbonyl (C=O) groups excluding carboxylic acids is 2. The Labute approximate surface area is 285 Å². The summed E-state index contributed by atoms with van der Waals surface area (Å²) in [7, 11) is 1.53. The molecule has 2 fully saturated rings. The Hall–Kier alpha value is -4.79. The SMILES string of the molecule is C=CC(=O)N1CCN(c2ncc(-c3ccc(OC)c(Nc4ncc(C(=O)Nc5c(F)cccc5Cl)s4)n3)cc2N(CCO)C2CC2)CC1. The number of carbonyl (C=O) groups is 2. The summed E-state index contributed by atoms with van der Waals surface area (Å²) in [4.78, 5) is 45.4. The Bertz CT molecular complexity index is 1810. The number of methoxy groups -OCH3 is 1. The van der Waals surface area contributed by atoms with Gasteiger partial charge in [-0.05, 0) is 49.2 Å².